The largest absolute Gasteiger partial charge is 0.493 e. The molecular formula is C22H29N7O5. The first-order valence-electron chi connectivity index (χ1n) is 11.3. The third-order valence-corrected chi connectivity index (χ3v) is 5.46. The second-order valence-electron chi connectivity index (χ2n) is 7.87. The molecule has 0 aliphatic carbocycles. The number of hydrogen-bond acceptors (Lipinski definition) is 11. The molecular weight excluding hydrogens is 442 g/mol. The summed E-state index contributed by atoms with van der Waals surface area (Å²) in [5, 5.41) is 13.1. The van der Waals surface area contributed by atoms with Gasteiger partial charge in [-0.05, 0) is 43.0 Å². The average Bonchev–Trinajstić information content (AvgIpc) is 2.88. The number of aromatic nitrogens is 3. The Morgan fingerprint density at radius 1 is 1.09 bits per heavy atom. The van der Waals surface area contributed by atoms with Gasteiger partial charge in [0.05, 0.1) is 26.5 Å². The van der Waals surface area contributed by atoms with Gasteiger partial charge < -0.3 is 29.1 Å². The highest BCUT2D eigenvalue weighted by atomic mass is 16.5. The molecule has 1 aromatic carbocycles. The van der Waals surface area contributed by atoms with E-state index < -0.39 is 12.6 Å². The van der Waals surface area contributed by atoms with Gasteiger partial charge in [0.25, 0.3) is 0 Å². The Bertz CT molecular complexity index is 971. The molecule has 2 N–H and O–H groups in total. The fraction of sp³-hybridized carbons (Fsp3) is 0.500. The second kappa shape index (κ2) is 11.5. The zero-order valence-electron chi connectivity index (χ0n) is 19.1. The Balaban J connectivity index is 1.50. The molecule has 12 nitrogen and oxygen atoms in total. The zero-order valence-corrected chi connectivity index (χ0v) is 19.1. The van der Waals surface area contributed by atoms with E-state index in [-0.39, 0.29) is 0 Å². The number of piperidine rings is 1. The number of carboxylic acids is 1. The van der Waals surface area contributed by atoms with Crippen LogP contribution in [0.2, 0.25) is 0 Å². The van der Waals surface area contributed by atoms with Crippen LogP contribution in [0.3, 0.4) is 0 Å². The normalized spacial score (nSPS) is 16.5. The summed E-state index contributed by atoms with van der Waals surface area (Å²) in [5.41, 5.74) is 3.64. The van der Waals surface area contributed by atoms with Crippen LogP contribution in [-0.4, -0.2) is 85.4 Å². The molecule has 2 aliphatic heterocycles. The van der Waals surface area contributed by atoms with E-state index in [0.29, 0.717) is 42.6 Å². The number of methoxy groups -OCH3 is 1. The number of morpholine rings is 1. The lowest BCUT2D eigenvalue weighted by Crippen LogP contribution is -2.38. The van der Waals surface area contributed by atoms with Crippen LogP contribution in [0, 0.1) is 0 Å². The molecule has 0 unspecified atom stereocenters. The number of rotatable bonds is 9. The Hall–Kier alpha value is -3.67. The molecule has 2 fully saturated rings. The number of hydrazone groups is 1. The molecule has 0 saturated carbocycles. The van der Waals surface area contributed by atoms with Crippen LogP contribution in [0.15, 0.2) is 23.3 Å². The lowest BCUT2D eigenvalue weighted by molar-refractivity contribution is -0.139. The van der Waals surface area contributed by atoms with Crippen LogP contribution in [-0.2, 0) is 9.53 Å². The van der Waals surface area contributed by atoms with Gasteiger partial charge in [0.2, 0.25) is 17.8 Å². The molecule has 1 aromatic heterocycles. The molecule has 34 heavy (non-hydrogen) atoms. The van der Waals surface area contributed by atoms with E-state index in [4.69, 9.17) is 24.3 Å². The summed E-state index contributed by atoms with van der Waals surface area (Å²) in [6, 6.07) is 5.09. The van der Waals surface area contributed by atoms with Crippen LogP contribution < -0.4 is 24.7 Å². The number of nitrogens with zero attached hydrogens (tertiary/aromatic N) is 6. The fourth-order valence-electron chi connectivity index (χ4n) is 3.73. The minimum atomic E-state index is -1.06. The van der Waals surface area contributed by atoms with E-state index in [1.54, 1.807) is 24.4 Å². The van der Waals surface area contributed by atoms with E-state index in [1.165, 1.54) is 13.5 Å². The second-order valence-corrected chi connectivity index (χ2v) is 7.87. The maximum absolute atomic E-state index is 10.7. The van der Waals surface area contributed by atoms with Crippen LogP contribution >= 0.6 is 0 Å². The van der Waals surface area contributed by atoms with Crippen molar-refractivity contribution in [2.24, 2.45) is 5.10 Å². The average molecular weight is 472 g/mol. The van der Waals surface area contributed by atoms with Crippen molar-refractivity contribution in [2.75, 3.05) is 68.3 Å². The molecule has 0 amide bonds. The maximum atomic E-state index is 10.7. The molecule has 2 aliphatic rings. The first kappa shape index (κ1) is 23.5. The molecule has 12 heteroatoms. The lowest BCUT2D eigenvalue weighted by atomic mass is 10.1. The number of ether oxygens (including phenoxy) is 3. The number of nitrogens with one attached hydrogen (secondary N) is 1. The van der Waals surface area contributed by atoms with Gasteiger partial charge in [-0.1, -0.05) is 0 Å². The summed E-state index contributed by atoms with van der Waals surface area (Å²) in [4.78, 5) is 28.9. The molecule has 0 spiro atoms. The predicted octanol–water partition coefficient (Wildman–Crippen LogP) is 1.62. The maximum Gasteiger partial charge on any atom is 0.341 e. The van der Waals surface area contributed by atoms with Gasteiger partial charge in [0, 0.05) is 26.2 Å². The van der Waals surface area contributed by atoms with Crippen molar-refractivity contribution < 1.29 is 24.1 Å². The van der Waals surface area contributed by atoms with E-state index in [0.717, 1.165) is 44.6 Å². The predicted molar refractivity (Wildman–Crippen MR) is 126 cm³/mol. The minimum Gasteiger partial charge on any atom is -0.493 e. The molecule has 0 bridgehead atoms. The SMILES string of the molecule is COc1cc(/C=N\Nc2nc(N3CCCCC3)nc(N3CCOCC3)n2)ccc1OCC(=O)O. The Morgan fingerprint density at radius 3 is 2.47 bits per heavy atom. The summed E-state index contributed by atoms with van der Waals surface area (Å²) in [7, 11) is 1.49. The topological polar surface area (TPSA) is 135 Å². The first-order chi connectivity index (χ1) is 16.6. The van der Waals surface area contributed by atoms with Crippen molar-refractivity contribution in [3.05, 3.63) is 23.8 Å². The highest BCUT2D eigenvalue weighted by Crippen LogP contribution is 2.27. The van der Waals surface area contributed by atoms with Crippen LogP contribution in [0.5, 0.6) is 11.5 Å². The van der Waals surface area contributed by atoms with Crippen molar-refractivity contribution in [2.45, 2.75) is 19.3 Å². The smallest absolute Gasteiger partial charge is 0.341 e. The van der Waals surface area contributed by atoms with Crippen LogP contribution in [0.4, 0.5) is 17.8 Å². The van der Waals surface area contributed by atoms with E-state index >= 15 is 0 Å². The standard InChI is InChI=1S/C22H29N7O5/c1-32-18-13-16(5-6-17(18)34-15-19(30)31)14-23-27-20-24-21(28-7-3-2-4-8-28)26-22(25-20)29-9-11-33-12-10-29/h5-6,13-14H,2-4,7-12,15H2,1H3,(H,30,31)(H,24,25,26,27)/b23-14-. The number of anilines is 3. The quantitative estimate of drug-likeness (QED) is 0.408. The van der Waals surface area contributed by atoms with Crippen LogP contribution in [0.1, 0.15) is 24.8 Å². The van der Waals surface area contributed by atoms with Gasteiger partial charge in [-0.15, -0.1) is 0 Å². The van der Waals surface area contributed by atoms with Crippen molar-refractivity contribution in [1.82, 2.24) is 15.0 Å². The van der Waals surface area contributed by atoms with Gasteiger partial charge >= 0.3 is 5.97 Å². The molecule has 0 radical (unpaired) electrons. The first-order valence-corrected chi connectivity index (χ1v) is 11.3. The summed E-state index contributed by atoms with van der Waals surface area (Å²) in [6.45, 7) is 4.12. The van der Waals surface area contributed by atoms with Crippen molar-refractivity contribution in [3.63, 3.8) is 0 Å². The Kier molecular flexibility index (Phi) is 7.91. The molecule has 2 aromatic rings. The third kappa shape index (κ3) is 6.22. The van der Waals surface area contributed by atoms with Crippen molar-refractivity contribution in [3.8, 4) is 11.5 Å². The third-order valence-electron chi connectivity index (χ3n) is 5.46. The van der Waals surface area contributed by atoms with Crippen LogP contribution in [0.25, 0.3) is 0 Å². The van der Waals surface area contributed by atoms with E-state index in [1.807, 2.05) is 0 Å². The monoisotopic (exact) mass is 471 g/mol. The van der Waals surface area contributed by atoms with Gasteiger partial charge in [0.1, 0.15) is 0 Å². The summed E-state index contributed by atoms with van der Waals surface area (Å²) >= 11 is 0. The summed E-state index contributed by atoms with van der Waals surface area (Å²) in [5.74, 6) is 1.31. The van der Waals surface area contributed by atoms with Gasteiger partial charge in [-0.2, -0.15) is 20.1 Å². The number of carbonyl (C=O) groups is 1. The number of hydrogen-bond donors (Lipinski definition) is 2. The summed E-state index contributed by atoms with van der Waals surface area (Å²) < 4.78 is 16.0. The minimum absolute atomic E-state index is 0.341. The highest BCUT2D eigenvalue weighted by Gasteiger charge is 2.20. The highest BCUT2D eigenvalue weighted by molar-refractivity contribution is 5.81. The van der Waals surface area contributed by atoms with Gasteiger partial charge in [-0.25, -0.2) is 10.2 Å². The lowest BCUT2D eigenvalue weighted by Gasteiger charge is -2.30. The van der Waals surface area contributed by atoms with E-state index in [2.05, 4.69) is 30.3 Å². The molecule has 3 heterocycles. The van der Waals surface area contributed by atoms with E-state index in [9.17, 15) is 4.79 Å². The summed E-state index contributed by atoms with van der Waals surface area (Å²) in [6.07, 6.45) is 5.06. The zero-order chi connectivity index (χ0) is 23.8. The molecule has 2 saturated heterocycles. The number of carboxylic acid groups (broad SMARTS) is 1. The number of benzene rings is 1. The van der Waals surface area contributed by atoms with Gasteiger partial charge in [0.15, 0.2) is 18.1 Å². The fourth-order valence-corrected chi connectivity index (χ4v) is 3.73. The number of aliphatic carboxylic acids is 1. The molecule has 4 rings (SSSR count). The van der Waals surface area contributed by atoms with Crippen molar-refractivity contribution >= 4 is 30.0 Å². The van der Waals surface area contributed by atoms with Gasteiger partial charge in [-0.3, -0.25) is 0 Å². The Morgan fingerprint density at radius 2 is 1.79 bits per heavy atom. The van der Waals surface area contributed by atoms with Crippen molar-refractivity contribution in [1.29, 1.82) is 0 Å². The Labute approximate surface area is 197 Å². The molecule has 0 atom stereocenters. The molecule has 182 valence electrons.